The highest BCUT2D eigenvalue weighted by atomic mass is 35.5. The van der Waals surface area contributed by atoms with Gasteiger partial charge in [0.25, 0.3) is 0 Å². The van der Waals surface area contributed by atoms with Crippen molar-refractivity contribution in [2.45, 2.75) is 13.3 Å². The molecule has 0 saturated carbocycles. The summed E-state index contributed by atoms with van der Waals surface area (Å²) < 4.78 is 0. The largest absolute Gasteiger partial charge is 0.383 e. The lowest BCUT2D eigenvalue weighted by atomic mass is 10.1. The van der Waals surface area contributed by atoms with Gasteiger partial charge in [0.2, 0.25) is 5.91 Å². The Labute approximate surface area is 144 Å². The fourth-order valence-corrected chi connectivity index (χ4v) is 2.43. The van der Waals surface area contributed by atoms with Gasteiger partial charge in [0, 0.05) is 29.2 Å². The number of carbonyl (C=O) groups excluding carboxylic acids is 2. The van der Waals surface area contributed by atoms with Crippen LogP contribution in [-0.4, -0.2) is 18.2 Å². The van der Waals surface area contributed by atoms with Gasteiger partial charge in [-0.25, -0.2) is 0 Å². The molecule has 0 aliphatic rings. The average Bonchev–Trinajstić information content (AvgIpc) is 2.50. The molecule has 4 nitrogen and oxygen atoms in total. The van der Waals surface area contributed by atoms with E-state index in [0.29, 0.717) is 27.8 Å². The van der Waals surface area contributed by atoms with E-state index in [0.717, 1.165) is 5.69 Å². The zero-order chi connectivity index (χ0) is 16.8. The molecule has 0 atom stereocenters. The zero-order valence-corrected chi connectivity index (χ0v) is 14.0. The molecule has 2 rings (SSSR count). The maximum absolute atomic E-state index is 11.9. The van der Waals surface area contributed by atoms with E-state index in [1.165, 1.54) is 6.92 Å². The molecule has 0 bridgehead atoms. The lowest BCUT2D eigenvalue weighted by Gasteiger charge is -2.09. The van der Waals surface area contributed by atoms with Gasteiger partial charge in [-0.05, 0) is 49.4 Å². The number of anilines is 2. The maximum Gasteiger partial charge on any atom is 0.226 e. The minimum Gasteiger partial charge on any atom is -0.383 e. The number of carbonyl (C=O) groups is 2. The summed E-state index contributed by atoms with van der Waals surface area (Å²) in [5, 5.41) is 6.93. The second-order valence-electron chi connectivity index (χ2n) is 4.98. The van der Waals surface area contributed by atoms with E-state index >= 15 is 0 Å². The molecule has 0 saturated heterocycles. The van der Waals surface area contributed by atoms with Crippen LogP contribution >= 0.6 is 23.2 Å². The van der Waals surface area contributed by atoms with Crippen molar-refractivity contribution in [3.63, 3.8) is 0 Å². The third-order valence-corrected chi connectivity index (χ3v) is 3.72. The monoisotopic (exact) mass is 350 g/mol. The van der Waals surface area contributed by atoms with Crippen LogP contribution in [0.2, 0.25) is 10.0 Å². The van der Waals surface area contributed by atoms with Crippen molar-refractivity contribution >= 4 is 46.3 Å². The lowest BCUT2D eigenvalue weighted by molar-refractivity contribution is -0.115. The zero-order valence-electron chi connectivity index (χ0n) is 12.5. The van der Waals surface area contributed by atoms with Gasteiger partial charge in [-0.2, -0.15) is 0 Å². The van der Waals surface area contributed by atoms with Gasteiger partial charge < -0.3 is 10.6 Å². The van der Waals surface area contributed by atoms with E-state index in [-0.39, 0.29) is 18.1 Å². The lowest BCUT2D eigenvalue weighted by Crippen LogP contribution is -2.16. The Hall–Kier alpha value is -2.04. The first kappa shape index (κ1) is 17.3. The number of ketones is 1. The molecule has 0 aliphatic heterocycles. The molecule has 2 aromatic carbocycles. The van der Waals surface area contributed by atoms with Gasteiger partial charge in [0.15, 0.2) is 5.78 Å². The Morgan fingerprint density at radius 1 is 1.04 bits per heavy atom. The molecule has 0 radical (unpaired) electrons. The molecule has 23 heavy (non-hydrogen) atoms. The van der Waals surface area contributed by atoms with E-state index in [9.17, 15) is 9.59 Å². The standard InChI is InChI=1S/C17H16Cl2N2O2/c1-11(22)12-2-5-14(6-3-12)21-17(23)8-9-20-16-7-4-13(18)10-15(16)19/h2-7,10,20H,8-9H2,1H3,(H,21,23). The first-order valence-corrected chi connectivity index (χ1v) is 7.81. The fraction of sp³-hybridized carbons (Fsp3) is 0.176. The topological polar surface area (TPSA) is 58.2 Å². The van der Waals surface area contributed by atoms with Gasteiger partial charge in [-0.3, -0.25) is 9.59 Å². The molecule has 0 spiro atoms. The normalized spacial score (nSPS) is 10.2. The second kappa shape index (κ2) is 7.99. The number of Topliss-reactive ketones (excluding diaryl/α,β-unsaturated/α-hetero) is 1. The van der Waals surface area contributed by atoms with E-state index in [2.05, 4.69) is 10.6 Å². The fourth-order valence-electron chi connectivity index (χ4n) is 1.96. The first-order chi connectivity index (χ1) is 11.0. The second-order valence-corrected chi connectivity index (χ2v) is 5.83. The molecule has 2 aromatic rings. The van der Waals surface area contributed by atoms with Crippen LogP contribution in [0.4, 0.5) is 11.4 Å². The predicted octanol–water partition coefficient (Wildman–Crippen LogP) is 4.64. The molecular weight excluding hydrogens is 335 g/mol. The first-order valence-electron chi connectivity index (χ1n) is 7.05. The van der Waals surface area contributed by atoms with Crippen molar-refractivity contribution < 1.29 is 9.59 Å². The van der Waals surface area contributed by atoms with Crippen LogP contribution in [0.3, 0.4) is 0 Å². The highest BCUT2D eigenvalue weighted by molar-refractivity contribution is 6.36. The summed E-state index contributed by atoms with van der Waals surface area (Å²) in [6, 6.07) is 11.9. The van der Waals surface area contributed by atoms with Gasteiger partial charge in [0.1, 0.15) is 0 Å². The van der Waals surface area contributed by atoms with Gasteiger partial charge in [-0.1, -0.05) is 23.2 Å². The van der Waals surface area contributed by atoms with Crippen LogP contribution in [0, 0.1) is 0 Å². The van der Waals surface area contributed by atoms with E-state index in [1.54, 1.807) is 42.5 Å². The number of hydrogen-bond acceptors (Lipinski definition) is 3. The number of amides is 1. The van der Waals surface area contributed by atoms with Crippen molar-refractivity contribution in [1.29, 1.82) is 0 Å². The number of hydrogen-bond donors (Lipinski definition) is 2. The highest BCUT2D eigenvalue weighted by Crippen LogP contribution is 2.25. The SMILES string of the molecule is CC(=O)c1ccc(NC(=O)CCNc2ccc(Cl)cc2Cl)cc1. The summed E-state index contributed by atoms with van der Waals surface area (Å²) in [6.45, 7) is 1.94. The minimum absolute atomic E-state index is 0.00748. The summed E-state index contributed by atoms with van der Waals surface area (Å²) in [4.78, 5) is 23.1. The summed E-state index contributed by atoms with van der Waals surface area (Å²) in [7, 11) is 0. The number of rotatable bonds is 6. The van der Waals surface area contributed by atoms with E-state index in [4.69, 9.17) is 23.2 Å². The van der Waals surface area contributed by atoms with Crippen molar-refractivity contribution in [2.24, 2.45) is 0 Å². The molecule has 6 heteroatoms. The number of benzene rings is 2. The van der Waals surface area contributed by atoms with Crippen LogP contribution < -0.4 is 10.6 Å². The van der Waals surface area contributed by atoms with Crippen LogP contribution in [0.5, 0.6) is 0 Å². The Balaban J connectivity index is 1.82. The van der Waals surface area contributed by atoms with E-state index in [1.807, 2.05) is 0 Å². The molecule has 0 aromatic heterocycles. The Bertz CT molecular complexity index is 715. The van der Waals surface area contributed by atoms with Crippen molar-refractivity contribution in [1.82, 2.24) is 0 Å². The molecule has 2 N–H and O–H groups in total. The molecule has 1 amide bonds. The Kier molecular flexibility index (Phi) is 6.02. The van der Waals surface area contributed by atoms with Crippen LogP contribution in [0.1, 0.15) is 23.7 Å². The third kappa shape index (κ3) is 5.27. The van der Waals surface area contributed by atoms with Gasteiger partial charge in [-0.15, -0.1) is 0 Å². The Morgan fingerprint density at radius 3 is 2.35 bits per heavy atom. The molecule has 0 unspecified atom stereocenters. The van der Waals surface area contributed by atoms with Gasteiger partial charge >= 0.3 is 0 Å². The smallest absolute Gasteiger partial charge is 0.226 e. The van der Waals surface area contributed by atoms with Crippen molar-refractivity contribution in [3.05, 3.63) is 58.1 Å². The third-order valence-electron chi connectivity index (χ3n) is 3.17. The summed E-state index contributed by atoms with van der Waals surface area (Å²) in [5.41, 5.74) is 2.00. The summed E-state index contributed by atoms with van der Waals surface area (Å²) >= 11 is 11.9. The summed E-state index contributed by atoms with van der Waals surface area (Å²) in [6.07, 6.45) is 0.285. The van der Waals surface area contributed by atoms with Crippen molar-refractivity contribution in [3.8, 4) is 0 Å². The number of nitrogens with one attached hydrogen (secondary N) is 2. The van der Waals surface area contributed by atoms with Crippen LogP contribution in [0.25, 0.3) is 0 Å². The molecule has 0 heterocycles. The number of halogens is 2. The maximum atomic E-state index is 11.9. The molecule has 0 aliphatic carbocycles. The average molecular weight is 351 g/mol. The molecular formula is C17H16Cl2N2O2. The van der Waals surface area contributed by atoms with Crippen LogP contribution in [-0.2, 0) is 4.79 Å². The van der Waals surface area contributed by atoms with E-state index < -0.39 is 0 Å². The molecule has 120 valence electrons. The quantitative estimate of drug-likeness (QED) is 0.746. The van der Waals surface area contributed by atoms with Gasteiger partial charge in [0.05, 0.1) is 10.7 Å². The van der Waals surface area contributed by atoms with Crippen LogP contribution in [0.15, 0.2) is 42.5 Å². The predicted molar refractivity (Wildman–Crippen MR) is 94.6 cm³/mol. The molecule has 0 fully saturated rings. The van der Waals surface area contributed by atoms with Crippen molar-refractivity contribution in [2.75, 3.05) is 17.2 Å². The minimum atomic E-state index is -0.127. The summed E-state index contributed by atoms with van der Waals surface area (Å²) in [5.74, 6) is -0.134. The highest BCUT2D eigenvalue weighted by Gasteiger charge is 2.05. The Morgan fingerprint density at radius 2 is 1.74 bits per heavy atom.